The lowest BCUT2D eigenvalue weighted by Crippen LogP contribution is -2.05. The molecule has 0 saturated heterocycles. The zero-order valence-corrected chi connectivity index (χ0v) is 7.12. The van der Waals surface area contributed by atoms with E-state index in [4.69, 9.17) is 0 Å². The Morgan fingerprint density at radius 2 is 1.82 bits per heavy atom. The monoisotopic (exact) mass is 154 g/mol. The van der Waals surface area contributed by atoms with Gasteiger partial charge in [0.15, 0.2) is 0 Å². The van der Waals surface area contributed by atoms with Gasteiger partial charge in [-0.2, -0.15) is 0 Å². The Labute approximate surface area is 68.0 Å². The van der Waals surface area contributed by atoms with Crippen LogP contribution in [0.4, 0.5) is 0 Å². The van der Waals surface area contributed by atoms with Gasteiger partial charge in [0.05, 0.1) is 9.13 Å². The molecule has 0 bridgehead atoms. The van der Waals surface area contributed by atoms with Gasteiger partial charge in [-0.05, 0) is 17.0 Å². The van der Waals surface area contributed by atoms with Crippen LogP contribution in [0.3, 0.4) is 0 Å². The maximum Gasteiger partial charge on any atom is 0.110 e. The van der Waals surface area contributed by atoms with E-state index in [0.717, 1.165) is 5.57 Å². The topological polar surface area (TPSA) is 0 Å². The Morgan fingerprint density at radius 3 is 2.45 bits per heavy atom. The molecule has 0 nitrogen and oxygen atoms in total. The Balaban J connectivity index is 2.25. The number of hydrogen-bond donors (Lipinski definition) is 0. The molecule has 1 aromatic carbocycles. The molecule has 11 heavy (non-hydrogen) atoms. The van der Waals surface area contributed by atoms with Gasteiger partial charge in [0, 0.05) is 0 Å². The normalized spacial score (nSPS) is 11.1. The van der Waals surface area contributed by atoms with Crippen LogP contribution in [-0.2, 0) is 0 Å². The van der Waals surface area contributed by atoms with Crippen LogP contribution in [0.25, 0.3) is 0 Å². The fourth-order valence-electron chi connectivity index (χ4n) is 0.808. The number of hydrogen-bond acceptors (Lipinski definition) is 0. The number of rotatable bonds is 1. The van der Waals surface area contributed by atoms with Crippen molar-refractivity contribution in [2.45, 2.75) is 0 Å². The molecule has 0 spiro atoms. The molecule has 0 aromatic heterocycles. The first kappa shape index (κ1) is 6.36. The van der Waals surface area contributed by atoms with Gasteiger partial charge < -0.3 is 0 Å². The Bertz CT molecular complexity index is 374. The number of benzene rings is 1. The standard InChI is InChI=1S/C10H6Si/c1-2-4-10(5-3-1)11-8-9-6-7-9/h1-5,11H. The van der Waals surface area contributed by atoms with E-state index in [2.05, 4.69) is 41.4 Å². The lowest BCUT2D eigenvalue weighted by Gasteiger charge is -1.85. The summed E-state index contributed by atoms with van der Waals surface area (Å²) < 4.78 is 0. The van der Waals surface area contributed by atoms with E-state index in [9.17, 15) is 0 Å². The largest absolute Gasteiger partial charge is 0.129 e. The lowest BCUT2D eigenvalue weighted by molar-refractivity contribution is 1.77. The average Bonchev–Trinajstić information content (AvgIpc) is 2.86. The van der Waals surface area contributed by atoms with Gasteiger partial charge in [0.2, 0.25) is 0 Å². The molecule has 0 saturated carbocycles. The number of allylic oxidation sites excluding steroid dienone is 1. The van der Waals surface area contributed by atoms with Crippen LogP contribution in [0.15, 0.2) is 35.9 Å². The summed E-state index contributed by atoms with van der Waals surface area (Å²) in [7, 11) is 0.163. The zero-order chi connectivity index (χ0) is 7.52. The third-order valence-electron chi connectivity index (χ3n) is 1.43. The molecule has 1 heteroatoms. The maximum atomic E-state index is 3.25. The first-order valence-electron chi connectivity index (χ1n) is 3.49. The van der Waals surface area contributed by atoms with Crippen molar-refractivity contribution < 1.29 is 0 Å². The minimum absolute atomic E-state index is 0.163. The van der Waals surface area contributed by atoms with Crippen LogP contribution in [0.5, 0.6) is 0 Å². The third-order valence-corrected chi connectivity index (χ3v) is 2.58. The van der Waals surface area contributed by atoms with E-state index in [0.29, 0.717) is 0 Å². The summed E-state index contributed by atoms with van der Waals surface area (Å²) in [6.07, 6.45) is 0. The Hall–Kier alpha value is -1.35. The van der Waals surface area contributed by atoms with E-state index in [1.807, 2.05) is 6.07 Å². The van der Waals surface area contributed by atoms with E-state index in [-0.39, 0.29) is 9.13 Å². The van der Waals surface area contributed by atoms with Crippen molar-refractivity contribution in [3.05, 3.63) is 35.9 Å². The summed E-state index contributed by atoms with van der Waals surface area (Å²) >= 11 is 0. The van der Waals surface area contributed by atoms with Crippen LogP contribution in [-0.4, -0.2) is 14.5 Å². The second-order valence-corrected chi connectivity index (χ2v) is 3.57. The van der Waals surface area contributed by atoms with Crippen molar-refractivity contribution in [2.24, 2.45) is 0 Å². The second-order valence-electron chi connectivity index (χ2n) is 2.32. The summed E-state index contributed by atoms with van der Waals surface area (Å²) in [5.74, 6) is 5.76. The molecule has 2 rings (SSSR count). The van der Waals surface area contributed by atoms with E-state index >= 15 is 0 Å². The maximum absolute atomic E-state index is 3.25. The van der Waals surface area contributed by atoms with Gasteiger partial charge in [-0.15, -0.1) is 5.33 Å². The van der Waals surface area contributed by atoms with Crippen molar-refractivity contribution in [3.8, 4) is 11.8 Å². The second kappa shape index (κ2) is 2.71. The highest BCUT2D eigenvalue weighted by atomic mass is 28.2. The molecule has 0 amide bonds. The Morgan fingerprint density at radius 1 is 1.09 bits per heavy atom. The highest BCUT2D eigenvalue weighted by Crippen LogP contribution is 1.92. The molecule has 0 N–H and O–H groups in total. The average molecular weight is 154 g/mol. The fraction of sp³-hybridized carbons (Fsp3) is 0. The summed E-state index contributed by atoms with van der Waals surface area (Å²) in [6.45, 7) is 0. The van der Waals surface area contributed by atoms with Crippen LogP contribution in [0, 0.1) is 11.8 Å². The summed E-state index contributed by atoms with van der Waals surface area (Å²) in [6, 6.07) is 10.4. The van der Waals surface area contributed by atoms with Crippen molar-refractivity contribution in [1.29, 1.82) is 0 Å². The summed E-state index contributed by atoms with van der Waals surface area (Å²) in [5, 5.41) is 4.62. The van der Waals surface area contributed by atoms with Crippen molar-refractivity contribution in [3.63, 3.8) is 0 Å². The predicted octanol–water partition coefficient (Wildman–Crippen LogP) is 0.0929. The minimum Gasteiger partial charge on any atom is -0.129 e. The Kier molecular flexibility index (Phi) is 1.57. The van der Waals surface area contributed by atoms with Gasteiger partial charge in [0.25, 0.3) is 0 Å². The van der Waals surface area contributed by atoms with Gasteiger partial charge in [0.1, 0.15) is 5.57 Å². The zero-order valence-electron chi connectivity index (χ0n) is 5.96. The van der Waals surface area contributed by atoms with Crippen LogP contribution >= 0.6 is 0 Å². The molecule has 0 fully saturated rings. The molecule has 0 aliphatic heterocycles. The van der Waals surface area contributed by atoms with Gasteiger partial charge in [-0.3, -0.25) is 0 Å². The van der Waals surface area contributed by atoms with Crippen molar-refractivity contribution in [1.82, 2.24) is 0 Å². The van der Waals surface area contributed by atoms with E-state index in [1.54, 1.807) is 0 Å². The molecule has 50 valence electrons. The summed E-state index contributed by atoms with van der Waals surface area (Å²) in [5.41, 5.74) is 1.05. The molecule has 1 aliphatic carbocycles. The van der Waals surface area contributed by atoms with Gasteiger partial charge in [-0.1, -0.05) is 30.3 Å². The predicted molar refractivity (Wildman–Crippen MR) is 49.5 cm³/mol. The molecule has 1 aromatic rings. The molecule has 1 aliphatic rings. The molecule has 0 unspecified atom stereocenters. The highest BCUT2D eigenvalue weighted by molar-refractivity contribution is 6.60. The van der Waals surface area contributed by atoms with Crippen LogP contribution in [0.2, 0.25) is 0 Å². The van der Waals surface area contributed by atoms with Gasteiger partial charge in [-0.25, -0.2) is 0 Å². The van der Waals surface area contributed by atoms with E-state index < -0.39 is 0 Å². The minimum atomic E-state index is 0.163. The quantitative estimate of drug-likeness (QED) is 0.397. The highest BCUT2D eigenvalue weighted by Gasteiger charge is 1.91. The smallest absolute Gasteiger partial charge is 0.110 e. The molecule has 0 heterocycles. The first-order chi connectivity index (χ1) is 5.45. The van der Waals surface area contributed by atoms with Crippen molar-refractivity contribution >= 4 is 19.6 Å². The molecular weight excluding hydrogens is 148 g/mol. The van der Waals surface area contributed by atoms with Crippen LogP contribution in [0.1, 0.15) is 0 Å². The molecule has 0 atom stereocenters. The molecular formula is C10H6Si. The lowest BCUT2D eigenvalue weighted by atomic mass is 10.4. The van der Waals surface area contributed by atoms with E-state index in [1.165, 1.54) is 5.19 Å². The van der Waals surface area contributed by atoms with Crippen molar-refractivity contribution in [2.75, 3.05) is 0 Å². The SMILES string of the molecule is C(=[SiH]c1ccccc1)=C1C#C1. The fourth-order valence-corrected chi connectivity index (χ4v) is 1.68. The van der Waals surface area contributed by atoms with Crippen LogP contribution < -0.4 is 5.19 Å². The molecule has 0 radical (unpaired) electrons. The van der Waals surface area contributed by atoms with Gasteiger partial charge >= 0.3 is 0 Å². The summed E-state index contributed by atoms with van der Waals surface area (Å²) in [4.78, 5) is 0. The third kappa shape index (κ3) is 1.78. The first-order valence-corrected chi connectivity index (χ1v) is 4.64.